The van der Waals surface area contributed by atoms with Gasteiger partial charge in [0.05, 0.1) is 6.54 Å². The van der Waals surface area contributed by atoms with Crippen LogP contribution < -0.4 is 16.0 Å². The van der Waals surface area contributed by atoms with Crippen LogP contribution in [0.4, 0.5) is 11.5 Å². The summed E-state index contributed by atoms with van der Waals surface area (Å²) in [5.41, 5.74) is 8.86. The van der Waals surface area contributed by atoms with Gasteiger partial charge in [0.2, 0.25) is 5.91 Å². The number of pyridine rings is 1. The van der Waals surface area contributed by atoms with Gasteiger partial charge in [-0.25, -0.2) is 4.98 Å². The Kier molecular flexibility index (Phi) is 5.63. The molecule has 25 heavy (non-hydrogen) atoms. The van der Waals surface area contributed by atoms with Crippen LogP contribution in [0, 0.1) is 6.92 Å². The van der Waals surface area contributed by atoms with E-state index >= 15 is 0 Å². The molecule has 1 aliphatic rings. The van der Waals surface area contributed by atoms with E-state index in [9.17, 15) is 4.79 Å². The number of nitrogens with one attached hydrogen (secondary N) is 1. The Labute approximate surface area is 148 Å². The molecule has 1 aromatic heterocycles. The highest BCUT2D eigenvalue weighted by Crippen LogP contribution is 2.18. The lowest BCUT2D eigenvalue weighted by Crippen LogP contribution is -2.49. The van der Waals surface area contributed by atoms with E-state index in [-0.39, 0.29) is 5.91 Å². The lowest BCUT2D eigenvalue weighted by atomic mass is 10.2. The fraction of sp³-hybridized carbons (Fsp3) is 0.368. The van der Waals surface area contributed by atoms with Crippen molar-refractivity contribution in [3.63, 3.8) is 0 Å². The SMILES string of the molecule is Cc1cccc(NC(=O)CN2CCN(c3ncccc3CN)CC2)c1. The largest absolute Gasteiger partial charge is 0.354 e. The summed E-state index contributed by atoms with van der Waals surface area (Å²) in [6, 6.07) is 11.8. The second-order valence-electron chi connectivity index (χ2n) is 6.37. The molecule has 6 nitrogen and oxygen atoms in total. The maximum absolute atomic E-state index is 12.2. The number of carbonyl (C=O) groups excluding carboxylic acids is 1. The van der Waals surface area contributed by atoms with E-state index in [0.717, 1.165) is 48.8 Å². The Bertz CT molecular complexity index is 725. The number of anilines is 2. The van der Waals surface area contributed by atoms with Crippen molar-refractivity contribution >= 4 is 17.4 Å². The van der Waals surface area contributed by atoms with Crippen LogP contribution in [0.15, 0.2) is 42.6 Å². The molecule has 0 radical (unpaired) electrons. The molecule has 0 atom stereocenters. The van der Waals surface area contributed by atoms with Crippen LogP contribution >= 0.6 is 0 Å². The van der Waals surface area contributed by atoms with Crippen molar-refractivity contribution in [2.75, 3.05) is 42.9 Å². The Hall–Kier alpha value is -2.44. The van der Waals surface area contributed by atoms with E-state index < -0.39 is 0 Å². The molecule has 3 rings (SSSR count). The number of aryl methyl sites for hydroxylation is 1. The third kappa shape index (κ3) is 4.55. The molecule has 1 aliphatic heterocycles. The van der Waals surface area contributed by atoms with Gasteiger partial charge in [0.15, 0.2) is 0 Å². The topological polar surface area (TPSA) is 74.5 Å². The summed E-state index contributed by atoms with van der Waals surface area (Å²) in [6.07, 6.45) is 1.80. The molecule has 2 heterocycles. The summed E-state index contributed by atoms with van der Waals surface area (Å²) in [5, 5.41) is 2.97. The van der Waals surface area contributed by atoms with E-state index in [0.29, 0.717) is 13.1 Å². The van der Waals surface area contributed by atoms with Crippen LogP contribution in [0.3, 0.4) is 0 Å². The van der Waals surface area contributed by atoms with E-state index in [1.807, 2.05) is 43.3 Å². The van der Waals surface area contributed by atoms with Crippen LogP contribution in [-0.4, -0.2) is 48.5 Å². The van der Waals surface area contributed by atoms with Gasteiger partial charge >= 0.3 is 0 Å². The van der Waals surface area contributed by atoms with E-state index in [2.05, 4.69) is 20.1 Å². The molecule has 0 unspecified atom stereocenters. The Morgan fingerprint density at radius 2 is 2.00 bits per heavy atom. The maximum atomic E-state index is 12.2. The summed E-state index contributed by atoms with van der Waals surface area (Å²) in [5.74, 6) is 0.994. The normalized spacial score (nSPS) is 15.2. The molecule has 0 saturated carbocycles. The number of aromatic nitrogens is 1. The quantitative estimate of drug-likeness (QED) is 0.866. The third-order valence-corrected chi connectivity index (χ3v) is 4.43. The molecule has 3 N–H and O–H groups in total. The van der Waals surface area contributed by atoms with Crippen LogP contribution in [0.1, 0.15) is 11.1 Å². The van der Waals surface area contributed by atoms with Gasteiger partial charge in [0.25, 0.3) is 0 Å². The highest BCUT2D eigenvalue weighted by Gasteiger charge is 2.21. The van der Waals surface area contributed by atoms with Gasteiger partial charge in [-0.05, 0) is 30.7 Å². The van der Waals surface area contributed by atoms with Crippen molar-refractivity contribution in [2.45, 2.75) is 13.5 Å². The second kappa shape index (κ2) is 8.09. The average molecular weight is 339 g/mol. The maximum Gasteiger partial charge on any atom is 0.238 e. The standard InChI is InChI=1S/C19H25N5O/c1-15-4-2-6-17(12-15)22-18(25)14-23-8-10-24(11-9-23)19-16(13-20)5-3-7-21-19/h2-7,12H,8-11,13-14,20H2,1H3,(H,22,25). The van der Waals surface area contributed by atoms with Crippen LogP contribution in [0.25, 0.3) is 0 Å². The first-order valence-electron chi connectivity index (χ1n) is 8.63. The average Bonchev–Trinajstić information content (AvgIpc) is 2.62. The minimum absolute atomic E-state index is 0.0273. The summed E-state index contributed by atoms with van der Waals surface area (Å²) in [7, 11) is 0. The van der Waals surface area contributed by atoms with E-state index in [1.54, 1.807) is 6.20 Å². The molecular weight excluding hydrogens is 314 g/mol. The van der Waals surface area contributed by atoms with Gasteiger partial charge in [-0.2, -0.15) is 0 Å². The molecule has 2 aromatic rings. The number of nitrogens with two attached hydrogens (primary N) is 1. The number of benzene rings is 1. The zero-order valence-corrected chi connectivity index (χ0v) is 14.6. The van der Waals surface area contributed by atoms with Crippen molar-refractivity contribution in [2.24, 2.45) is 5.73 Å². The molecule has 0 aliphatic carbocycles. The fourth-order valence-electron chi connectivity index (χ4n) is 3.12. The molecule has 1 fully saturated rings. The summed E-state index contributed by atoms with van der Waals surface area (Å²) in [6.45, 7) is 6.28. The molecular formula is C19H25N5O. The molecule has 132 valence electrons. The number of hydrogen-bond acceptors (Lipinski definition) is 5. The highest BCUT2D eigenvalue weighted by atomic mass is 16.2. The molecule has 6 heteroatoms. The first-order valence-corrected chi connectivity index (χ1v) is 8.63. The van der Waals surface area contributed by atoms with Crippen LogP contribution in [-0.2, 0) is 11.3 Å². The lowest BCUT2D eigenvalue weighted by Gasteiger charge is -2.35. The number of carbonyl (C=O) groups is 1. The Morgan fingerprint density at radius 1 is 1.20 bits per heavy atom. The molecule has 0 bridgehead atoms. The minimum atomic E-state index is 0.0273. The predicted octanol–water partition coefficient (Wildman–Crippen LogP) is 1.61. The van der Waals surface area contributed by atoms with Crippen molar-refractivity contribution < 1.29 is 4.79 Å². The number of nitrogens with zero attached hydrogens (tertiary/aromatic N) is 3. The molecule has 1 saturated heterocycles. The first-order chi connectivity index (χ1) is 12.2. The van der Waals surface area contributed by atoms with Gasteiger partial charge in [-0.1, -0.05) is 18.2 Å². The smallest absolute Gasteiger partial charge is 0.238 e. The lowest BCUT2D eigenvalue weighted by molar-refractivity contribution is -0.117. The number of amides is 1. The van der Waals surface area contributed by atoms with Gasteiger partial charge < -0.3 is 16.0 Å². The number of piperazine rings is 1. The first kappa shape index (κ1) is 17.4. The van der Waals surface area contributed by atoms with Crippen molar-refractivity contribution in [1.82, 2.24) is 9.88 Å². The predicted molar refractivity (Wildman–Crippen MR) is 101 cm³/mol. The third-order valence-electron chi connectivity index (χ3n) is 4.43. The van der Waals surface area contributed by atoms with Crippen molar-refractivity contribution in [3.05, 3.63) is 53.7 Å². The molecule has 1 aromatic carbocycles. The van der Waals surface area contributed by atoms with Crippen molar-refractivity contribution in [1.29, 1.82) is 0 Å². The summed E-state index contributed by atoms with van der Waals surface area (Å²) >= 11 is 0. The fourth-order valence-corrected chi connectivity index (χ4v) is 3.12. The van der Waals surface area contributed by atoms with Crippen molar-refractivity contribution in [3.8, 4) is 0 Å². The number of hydrogen-bond donors (Lipinski definition) is 2. The van der Waals surface area contributed by atoms with Gasteiger partial charge in [0.1, 0.15) is 5.82 Å². The molecule has 1 amide bonds. The minimum Gasteiger partial charge on any atom is -0.354 e. The zero-order valence-electron chi connectivity index (χ0n) is 14.6. The monoisotopic (exact) mass is 339 g/mol. The summed E-state index contributed by atoms with van der Waals surface area (Å²) in [4.78, 5) is 21.1. The van der Waals surface area contributed by atoms with Gasteiger partial charge in [-0.3, -0.25) is 9.69 Å². The van der Waals surface area contributed by atoms with Crippen LogP contribution in [0.5, 0.6) is 0 Å². The van der Waals surface area contributed by atoms with E-state index in [4.69, 9.17) is 5.73 Å². The zero-order chi connectivity index (χ0) is 17.6. The highest BCUT2D eigenvalue weighted by molar-refractivity contribution is 5.92. The molecule has 0 spiro atoms. The Morgan fingerprint density at radius 3 is 2.72 bits per heavy atom. The van der Waals surface area contributed by atoms with Gasteiger partial charge in [0, 0.05) is 50.2 Å². The van der Waals surface area contributed by atoms with E-state index in [1.165, 1.54) is 0 Å². The number of rotatable bonds is 5. The van der Waals surface area contributed by atoms with Gasteiger partial charge in [-0.15, -0.1) is 0 Å². The van der Waals surface area contributed by atoms with Crippen LogP contribution in [0.2, 0.25) is 0 Å². The second-order valence-corrected chi connectivity index (χ2v) is 6.37. The summed E-state index contributed by atoms with van der Waals surface area (Å²) < 4.78 is 0. The Balaban J connectivity index is 1.51.